The molecule has 20 heavy (non-hydrogen) atoms. The van der Waals surface area contributed by atoms with Gasteiger partial charge >= 0.3 is 0 Å². The summed E-state index contributed by atoms with van der Waals surface area (Å²) in [7, 11) is 0. The second-order valence-corrected chi connectivity index (χ2v) is 5.28. The summed E-state index contributed by atoms with van der Waals surface area (Å²) in [5.41, 5.74) is 1.92. The Morgan fingerprint density at radius 2 is 2.20 bits per heavy atom. The van der Waals surface area contributed by atoms with Crippen molar-refractivity contribution in [2.75, 3.05) is 13.1 Å². The number of hydrogen-bond acceptors (Lipinski definition) is 4. The number of likely N-dealkylation sites (tertiary alicyclic amines) is 1. The molecule has 4 heteroatoms. The van der Waals surface area contributed by atoms with Gasteiger partial charge in [-0.05, 0) is 31.5 Å². The lowest BCUT2D eigenvalue weighted by molar-refractivity contribution is -0.112. The number of oxazole rings is 1. The van der Waals surface area contributed by atoms with Crippen LogP contribution in [0.3, 0.4) is 0 Å². The standard InChI is InChI=1S/C16H18N2O2/c19-11-13-5-4-8-18(9-13)10-15-12-20-16(17-15)14-6-2-1-3-7-14/h1-3,6-7,11-13H,4-5,8-10H2. The molecule has 0 saturated carbocycles. The normalized spacial score (nSPS) is 19.9. The molecule has 1 aromatic carbocycles. The molecule has 2 heterocycles. The smallest absolute Gasteiger partial charge is 0.226 e. The van der Waals surface area contributed by atoms with Gasteiger partial charge in [0.15, 0.2) is 0 Å². The molecule has 0 aliphatic carbocycles. The van der Waals surface area contributed by atoms with E-state index in [0.29, 0.717) is 5.89 Å². The van der Waals surface area contributed by atoms with E-state index in [1.807, 2.05) is 30.3 Å². The van der Waals surface area contributed by atoms with E-state index in [1.54, 1.807) is 6.26 Å². The second kappa shape index (κ2) is 6.01. The minimum Gasteiger partial charge on any atom is -0.444 e. The van der Waals surface area contributed by atoms with Gasteiger partial charge < -0.3 is 9.21 Å². The van der Waals surface area contributed by atoms with Gasteiger partial charge in [-0.2, -0.15) is 0 Å². The highest BCUT2D eigenvalue weighted by Gasteiger charge is 2.20. The van der Waals surface area contributed by atoms with E-state index in [1.165, 1.54) is 0 Å². The minimum atomic E-state index is 0.171. The van der Waals surface area contributed by atoms with E-state index in [-0.39, 0.29) is 5.92 Å². The van der Waals surface area contributed by atoms with E-state index >= 15 is 0 Å². The van der Waals surface area contributed by atoms with E-state index in [4.69, 9.17) is 4.42 Å². The van der Waals surface area contributed by atoms with Crippen molar-refractivity contribution in [3.8, 4) is 11.5 Å². The maximum Gasteiger partial charge on any atom is 0.226 e. The van der Waals surface area contributed by atoms with Crippen molar-refractivity contribution in [3.05, 3.63) is 42.3 Å². The maximum absolute atomic E-state index is 10.9. The highest BCUT2D eigenvalue weighted by Crippen LogP contribution is 2.20. The predicted molar refractivity (Wildman–Crippen MR) is 76.0 cm³/mol. The Hall–Kier alpha value is -1.94. The molecule has 104 valence electrons. The Morgan fingerprint density at radius 1 is 1.35 bits per heavy atom. The molecule has 1 aliphatic heterocycles. The highest BCUT2D eigenvalue weighted by atomic mass is 16.3. The largest absolute Gasteiger partial charge is 0.444 e. The number of aldehydes is 1. The molecule has 0 amide bonds. The van der Waals surface area contributed by atoms with E-state index in [2.05, 4.69) is 9.88 Å². The quantitative estimate of drug-likeness (QED) is 0.801. The molecule has 0 radical (unpaired) electrons. The van der Waals surface area contributed by atoms with Crippen LogP contribution in [0.1, 0.15) is 18.5 Å². The number of carbonyl (C=O) groups is 1. The van der Waals surface area contributed by atoms with Crippen LogP contribution < -0.4 is 0 Å². The lowest BCUT2D eigenvalue weighted by atomic mass is 10.00. The third kappa shape index (κ3) is 2.96. The number of aromatic nitrogens is 1. The van der Waals surface area contributed by atoms with Crippen LogP contribution in [0.25, 0.3) is 11.5 Å². The second-order valence-electron chi connectivity index (χ2n) is 5.28. The third-order valence-corrected chi connectivity index (χ3v) is 3.69. The fourth-order valence-electron chi connectivity index (χ4n) is 2.67. The van der Waals surface area contributed by atoms with Crippen LogP contribution in [0.15, 0.2) is 41.0 Å². The summed E-state index contributed by atoms with van der Waals surface area (Å²) in [6.07, 6.45) is 4.87. The third-order valence-electron chi connectivity index (χ3n) is 3.69. The van der Waals surface area contributed by atoms with Gasteiger partial charge in [0.25, 0.3) is 0 Å². The van der Waals surface area contributed by atoms with Crippen molar-refractivity contribution in [2.24, 2.45) is 5.92 Å². The van der Waals surface area contributed by atoms with Gasteiger partial charge in [-0.3, -0.25) is 4.90 Å². The molecular formula is C16H18N2O2. The average Bonchev–Trinajstić information content (AvgIpc) is 2.97. The van der Waals surface area contributed by atoms with Crippen LogP contribution >= 0.6 is 0 Å². The molecule has 1 aromatic heterocycles. The molecule has 0 N–H and O–H groups in total. The Bertz CT molecular complexity index is 565. The number of nitrogens with zero attached hydrogens (tertiary/aromatic N) is 2. The van der Waals surface area contributed by atoms with E-state index < -0.39 is 0 Å². The number of hydrogen-bond donors (Lipinski definition) is 0. The monoisotopic (exact) mass is 270 g/mol. The summed E-state index contributed by atoms with van der Waals surface area (Å²) >= 11 is 0. The van der Waals surface area contributed by atoms with Crippen LogP contribution in [0, 0.1) is 5.92 Å². The van der Waals surface area contributed by atoms with Crippen molar-refractivity contribution < 1.29 is 9.21 Å². The fourth-order valence-corrected chi connectivity index (χ4v) is 2.67. The zero-order chi connectivity index (χ0) is 13.8. The zero-order valence-corrected chi connectivity index (χ0v) is 11.4. The first-order valence-electron chi connectivity index (χ1n) is 7.02. The van der Waals surface area contributed by atoms with Gasteiger partial charge in [0.1, 0.15) is 12.5 Å². The molecular weight excluding hydrogens is 252 g/mol. The first-order valence-corrected chi connectivity index (χ1v) is 7.02. The maximum atomic E-state index is 10.9. The fraction of sp³-hybridized carbons (Fsp3) is 0.375. The number of benzene rings is 1. The summed E-state index contributed by atoms with van der Waals surface area (Å²) in [5.74, 6) is 0.828. The van der Waals surface area contributed by atoms with Crippen molar-refractivity contribution in [1.29, 1.82) is 0 Å². The van der Waals surface area contributed by atoms with E-state index in [9.17, 15) is 4.79 Å². The van der Waals surface area contributed by atoms with Gasteiger partial charge in [0.05, 0.1) is 5.69 Å². The van der Waals surface area contributed by atoms with E-state index in [0.717, 1.165) is 50.0 Å². The summed E-state index contributed by atoms with van der Waals surface area (Å²) in [4.78, 5) is 17.7. The Labute approximate surface area is 118 Å². The lowest BCUT2D eigenvalue weighted by Gasteiger charge is -2.29. The van der Waals surface area contributed by atoms with Crippen LogP contribution in [-0.4, -0.2) is 29.3 Å². The topological polar surface area (TPSA) is 46.3 Å². The van der Waals surface area contributed by atoms with Gasteiger partial charge in [-0.25, -0.2) is 4.98 Å². The molecule has 0 bridgehead atoms. The van der Waals surface area contributed by atoms with Crippen LogP contribution in [-0.2, 0) is 11.3 Å². The molecule has 2 aromatic rings. The minimum absolute atomic E-state index is 0.171. The summed E-state index contributed by atoms with van der Waals surface area (Å²) in [5, 5.41) is 0. The molecule has 1 fully saturated rings. The van der Waals surface area contributed by atoms with Gasteiger partial charge in [-0.15, -0.1) is 0 Å². The molecule has 4 nitrogen and oxygen atoms in total. The van der Waals surface area contributed by atoms with Gasteiger partial charge in [0.2, 0.25) is 5.89 Å². The Morgan fingerprint density at radius 3 is 3.00 bits per heavy atom. The number of rotatable bonds is 4. The molecule has 1 aliphatic rings. The number of piperidine rings is 1. The average molecular weight is 270 g/mol. The van der Waals surface area contributed by atoms with Crippen molar-refractivity contribution in [2.45, 2.75) is 19.4 Å². The van der Waals surface area contributed by atoms with Gasteiger partial charge in [0, 0.05) is 24.6 Å². The zero-order valence-electron chi connectivity index (χ0n) is 11.4. The highest BCUT2D eigenvalue weighted by molar-refractivity contribution is 5.54. The summed E-state index contributed by atoms with van der Waals surface area (Å²) in [6.45, 7) is 2.61. The Balaban J connectivity index is 1.67. The summed E-state index contributed by atoms with van der Waals surface area (Å²) in [6, 6.07) is 9.88. The molecule has 0 spiro atoms. The predicted octanol–water partition coefficient (Wildman–Crippen LogP) is 2.75. The summed E-state index contributed by atoms with van der Waals surface area (Å²) < 4.78 is 5.54. The Kier molecular flexibility index (Phi) is 3.92. The van der Waals surface area contributed by atoms with Crippen LogP contribution in [0.4, 0.5) is 0 Å². The SMILES string of the molecule is O=CC1CCCN(Cc2coc(-c3ccccc3)n2)C1. The molecule has 1 saturated heterocycles. The van der Waals surface area contributed by atoms with Gasteiger partial charge in [-0.1, -0.05) is 18.2 Å². The van der Waals surface area contributed by atoms with Crippen molar-refractivity contribution in [3.63, 3.8) is 0 Å². The first kappa shape index (κ1) is 13.1. The van der Waals surface area contributed by atoms with Crippen LogP contribution in [0.5, 0.6) is 0 Å². The van der Waals surface area contributed by atoms with Crippen LogP contribution in [0.2, 0.25) is 0 Å². The first-order chi connectivity index (χ1) is 9.85. The van der Waals surface area contributed by atoms with Crippen molar-refractivity contribution in [1.82, 2.24) is 9.88 Å². The molecule has 1 unspecified atom stereocenters. The van der Waals surface area contributed by atoms with Crippen molar-refractivity contribution >= 4 is 6.29 Å². The molecule has 1 atom stereocenters. The lowest BCUT2D eigenvalue weighted by Crippen LogP contribution is -2.35. The molecule has 3 rings (SSSR count). The number of carbonyl (C=O) groups excluding carboxylic acids is 1.